The van der Waals surface area contributed by atoms with Crippen molar-refractivity contribution in [2.45, 2.75) is 18.2 Å². The van der Waals surface area contributed by atoms with Crippen LogP contribution >= 0.6 is 23.1 Å². The van der Waals surface area contributed by atoms with Crippen LogP contribution in [-0.2, 0) is 4.79 Å². The van der Waals surface area contributed by atoms with Gasteiger partial charge in [0.25, 0.3) is 0 Å². The maximum Gasteiger partial charge on any atom is 0.234 e. The normalized spacial score (nSPS) is 10.5. The summed E-state index contributed by atoms with van der Waals surface area (Å²) in [6.07, 6.45) is 0. The minimum Gasteiger partial charge on any atom is -0.495 e. The standard InChI is InChI=1S/C19H20N4O2S2/c1-12-8-9-14(13(2)10-12)20-17(24)11-26-19-23-22-18(27-19)21-15-6-4-5-7-16(15)25-3/h4-10H,11H2,1-3H3,(H,20,24)(H,21,22). The lowest BCUT2D eigenvalue weighted by Gasteiger charge is -2.08. The van der Waals surface area contributed by atoms with Crippen molar-refractivity contribution in [3.05, 3.63) is 53.6 Å². The summed E-state index contributed by atoms with van der Waals surface area (Å²) >= 11 is 2.75. The first kappa shape index (κ1) is 19.2. The van der Waals surface area contributed by atoms with Gasteiger partial charge in [0, 0.05) is 5.69 Å². The largest absolute Gasteiger partial charge is 0.495 e. The molecule has 0 aliphatic carbocycles. The third-order valence-electron chi connectivity index (χ3n) is 3.74. The summed E-state index contributed by atoms with van der Waals surface area (Å²) in [4.78, 5) is 12.2. The Morgan fingerprint density at radius 2 is 1.96 bits per heavy atom. The molecule has 0 saturated carbocycles. The number of aromatic nitrogens is 2. The summed E-state index contributed by atoms with van der Waals surface area (Å²) in [6.45, 7) is 4.01. The van der Waals surface area contributed by atoms with Crippen molar-refractivity contribution < 1.29 is 9.53 Å². The van der Waals surface area contributed by atoms with Crippen LogP contribution in [0.3, 0.4) is 0 Å². The Balaban J connectivity index is 1.55. The predicted molar refractivity (Wildman–Crippen MR) is 111 cm³/mol. The van der Waals surface area contributed by atoms with E-state index < -0.39 is 0 Å². The van der Waals surface area contributed by atoms with Crippen molar-refractivity contribution in [2.24, 2.45) is 0 Å². The molecule has 1 aromatic heterocycles. The molecule has 3 rings (SSSR count). The van der Waals surface area contributed by atoms with Gasteiger partial charge >= 0.3 is 0 Å². The molecule has 27 heavy (non-hydrogen) atoms. The predicted octanol–water partition coefficient (Wildman–Crippen LogP) is 4.64. The maximum atomic E-state index is 12.2. The first-order valence-electron chi connectivity index (χ1n) is 8.28. The van der Waals surface area contributed by atoms with Gasteiger partial charge in [-0.25, -0.2) is 0 Å². The molecule has 140 valence electrons. The van der Waals surface area contributed by atoms with Crippen LogP contribution in [-0.4, -0.2) is 29.0 Å². The third-order valence-corrected chi connectivity index (χ3v) is 5.71. The second-order valence-corrected chi connectivity index (χ2v) is 8.05. The molecule has 0 atom stereocenters. The number of carbonyl (C=O) groups excluding carboxylic acids is 1. The summed E-state index contributed by atoms with van der Waals surface area (Å²) in [7, 11) is 1.62. The van der Waals surface area contributed by atoms with Gasteiger partial charge in [-0.15, -0.1) is 10.2 Å². The van der Waals surface area contributed by atoms with E-state index in [9.17, 15) is 4.79 Å². The maximum absolute atomic E-state index is 12.2. The van der Waals surface area contributed by atoms with Gasteiger partial charge in [-0.05, 0) is 37.6 Å². The highest BCUT2D eigenvalue weighted by atomic mass is 32.2. The average Bonchev–Trinajstić information content (AvgIpc) is 3.10. The molecule has 2 N–H and O–H groups in total. The number of nitrogens with zero attached hydrogens (tertiary/aromatic N) is 2. The number of aryl methyl sites for hydroxylation is 2. The van der Waals surface area contributed by atoms with Crippen LogP contribution in [0.2, 0.25) is 0 Å². The van der Waals surface area contributed by atoms with Gasteiger partial charge < -0.3 is 15.4 Å². The molecule has 0 bridgehead atoms. The number of benzene rings is 2. The molecule has 0 fully saturated rings. The van der Waals surface area contributed by atoms with Gasteiger partial charge in [-0.3, -0.25) is 4.79 Å². The van der Waals surface area contributed by atoms with Crippen molar-refractivity contribution in [1.82, 2.24) is 10.2 Å². The first-order valence-corrected chi connectivity index (χ1v) is 10.1. The molecule has 1 amide bonds. The Kier molecular flexibility index (Phi) is 6.31. The van der Waals surface area contributed by atoms with Crippen molar-refractivity contribution in [3.63, 3.8) is 0 Å². The Labute approximate surface area is 166 Å². The number of hydrogen-bond acceptors (Lipinski definition) is 7. The molecule has 0 radical (unpaired) electrons. The molecule has 0 unspecified atom stereocenters. The lowest BCUT2D eigenvalue weighted by molar-refractivity contribution is -0.113. The van der Waals surface area contributed by atoms with Crippen molar-refractivity contribution in [2.75, 3.05) is 23.5 Å². The zero-order valence-electron chi connectivity index (χ0n) is 15.3. The van der Waals surface area contributed by atoms with E-state index in [1.165, 1.54) is 28.7 Å². The topological polar surface area (TPSA) is 76.1 Å². The lowest BCUT2D eigenvalue weighted by atomic mass is 10.1. The Hall–Kier alpha value is -2.58. The number of carbonyl (C=O) groups is 1. The van der Waals surface area contributed by atoms with Crippen molar-refractivity contribution in [1.29, 1.82) is 0 Å². The number of thioether (sulfide) groups is 1. The fourth-order valence-corrected chi connectivity index (χ4v) is 4.01. The Morgan fingerprint density at radius 1 is 1.15 bits per heavy atom. The fraction of sp³-hybridized carbons (Fsp3) is 0.211. The smallest absolute Gasteiger partial charge is 0.234 e. The molecule has 1 heterocycles. The summed E-state index contributed by atoms with van der Waals surface area (Å²) < 4.78 is 6.04. The zero-order valence-corrected chi connectivity index (χ0v) is 16.9. The van der Waals surface area contributed by atoms with E-state index in [0.29, 0.717) is 5.13 Å². The number of ether oxygens (including phenoxy) is 1. The molecule has 0 aliphatic heterocycles. The van der Waals surface area contributed by atoms with E-state index in [-0.39, 0.29) is 11.7 Å². The van der Waals surface area contributed by atoms with E-state index in [1.54, 1.807) is 7.11 Å². The van der Waals surface area contributed by atoms with Gasteiger partial charge in [-0.2, -0.15) is 0 Å². The molecule has 2 aromatic carbocycles. The summed E-state index contributed by atoms with van der Waals surface area (Å²) in [5, 5.41) is 15.0. The molecule has 6 nitrogen and oxygen atoms in total. The molecule has 8 heteroatoms. The average molecular weight is 401 g/mol. The van der Waals surface area contributed by atoms with Gasteiger partial charge in [0.05, 0.1) is 18.6 Å². The number of para-hydroxylation sites is 2. The Bertz CT molecular complexity index is 943. The molecular formula is C19H20N4O2S2. The first-order chi connectivity index (χ1) is 13.0. The molecule has 3 aromatic rings. The third kappa shape index (κ3) is 5.21. The van der Waals surface area contributed by atoms with Crippen LogP contribution in [0.4, 0.5) is 16.5 Å². The molecule has 0 saturated heterocycles. The number of amides is 1. The summed E-state index contributed by atoms with van der Waals surface area (Å²) in [6, 6.07) is 13.5. The molecule has 0 spiro atoms. The SMILES string of the molecule is COc1ccccc1Nc1nnc(SCC(=O)Nc2ccc(C)cc2C)s1. The van der Waals surface area contributed by atoms with Crippen molar-refractivity contribution >= 4 is 45.5 Å². The number of methoxy groups -OCH3 is 1. The molecule has 0 aliphatic rings. The second kappa shape index (κ2) is 8.88. The van der Waals surface area contributed by atoms with Gasteiger partial charge in [0.1, 0.15) is 5.75 Å². The van der Waals surface area contributed by atoms with E-state index in [0.717, 1.165) is 27.0 Å². The quantitative estimate of drug-likeness (QED) is 0.563. The summed E-state index contributed by atoms with van der Waals surface area (Å²) in [5.41, 5.74) is 3.87. The Morgan fingerprint density at radius 3 is 2.74 bits per heavy atom. The van der Waals surface area contributed by atoms with E-state index >= 15 is 0 Å². The van der Waals surface area contributed by atoms with Crippen LogP contribution in [0.25, 0.3) is 0 Å². The lowest BCUT2D eigenvalue weighted by Crippen LogP contribution is -2.14. The van der Waals surface area contributed by atoms with E-state index in [4.69, 9.17) is 4.74 Å². The minimum atomic E-state index is -0.0682. The highest BCUT2D eigenvalue weighted by Gasteiger charge is 2.11. The van der Waals surface area contributed by atoms with Gasteiger partial charge in [0.2, 0.25) is 11.0 Å². The molecular weight excluding hydrogens is 380 g/mol. The fourth-order valence-electron chi connectivity index (χ4n) is 2.45. The number of hydrogen-bond donors (Lipinski definition) is 2. The van der Waals surface area contributed by atoms with Crippen LogP contribution < -0.4 is 15.4 Å². The van der Waals surface area contributed by atoms with E-state index in [1.807, 2.05) is 56.3 Å². The summed E-state index contributed by atoms with van der Waals surface area (Å²) in [5.74, 6) is 0.938. The van der Waals surface area contributed by atoms with Crippen LogP contribution in [0.5, 0.6) is 5.75 Å². The van der Waals surface area contributed by atoms with Crippen LogP contribution in [0, 0.1) is 13.8 Å². The van der Waals surface area contributed by atoms with Crippen LogP contribution in [0.15, 0.2) is 46.8 Å². The number of anilines is 3. The number of nitrogens with one attached hydrogen (secondary N) is 2. The second-order valence-electron chi connectivity index (χ2n) is 5.85. The number of rotatable bonds is 7. The van der Waals surface area contributed by atoms with Gasteiger partial charge in [-0.1, -0.05) is 52.9 Å². The van der Waals surface area contributed by atoms with Crippen molar-refractivity contribution in [3.8, 4) is 5.75 Å². The highest BCUT2D eigenvalue weighted by Crippen LogP contribution is 2.31. The van der Waals surface area contributed by atoms with Gasteiger partial charge in [0.15, 0.2) is 4.34 Å². The minimum absolute atomic E-state index is 0.0682. The van der Waals surface area contributed by atoms with E-state index in [2.05, 4.69) is 20.8 Å². The highest BCUT2D eigenvalue weighted by molar-refractivity contribution is 8.01. The zero-order chi connectivity index (χ0) is 19.2. The van der Waals surface area contributed by atoms with Crippen LogP contribution in [0.1, 0.15) is 11.1 Å². The monoisotopic (exact) mass is 400 g/mol.